The molecule has 1 aliphatic rings. The fraction of sp³-hybridized carbons (Fsp3) is 0.346. The molecule has 3 aromatic rings. The molecule has 0 fully saturated rings. The lowest BCUT2D eigenvalue weighted by Crippen LogP contribution is -2.32. The van der Waals surface area contributed by atoms with Crippen molar-refractivity contribution in [3.05, 3.63) is 70.0 Å². The second kappa shape index (κ2) is 10.3. The zero-order valence-electron chi connectivity index (χ0n) is 19.8. The molecule has 2 aromatic carbocycles. The van der Waals surface area contributed by atoms with Crippen LogP contribution in [-0.2, 0) is 24.0 Å². The summed E-state index contributed by atoms with van der Waals surface area (Å²) in [6.45, 7) is 4.09. The molecule has 2 atom stereocenters. The number of benzene rings is 2. The van der Waals surface area contributed by atoms with E-state index in [1.165, 1.54) is 0 Å². The maximum atomic E-state index is 12.0. The number of halogens is 1. The van der Waals surface area contributed by atoms with Crippen LogP contribution in [0.25, 0.3) is 11.3 Å². The van der Waals surface area contributed by atoms with E-state index >= 15 is 0 Å². The lowest BCUT2D eigenvalue weighted by Gasteiger charge is -2.24. The van der Waals surface area contributed by atoms with Gasteiger partial charge in [0.05, 0.1) is 35.3 Å². The summed E-state index contributed by atoms with van der Waals surface area (Å²) in [5.41, 5.74) is 5.49. The SMILES string of the molecule is CCc1nc(-c2ccc(OC)cc2Cl)c(CC)nc1NC1c2ccccc2CC1OC(=O)NC. The van der Waals surface area contributed by atoms with Crippen molar-refractivity contribution in [2.45, 2.75) is 45.3 Å². The Morgan fingerprint density at radius 3 is 2.56 bits per heavy atom. The number of anilines is 1. The topological polar surface area (TPSA) is 85.4 Å². The average Bonchev–Trinajstić information content (AvgIpc) is 3.20. The van der Waals surface area contributed by atoms with Crippen LogP contribution in [-0.4, -0.2) is 36.3 Å². The van der Waals surface area contributed by atoms with Gasteiger partial charge in [-0.15, -0.1) is 0 Å². The second-order valence-corrected chi connectivity index (χ2v) is 8.49. The first-order valence-corrected chi connectivity index (χ1v) is 11.8. The van der Waals surface area contributed by atoms with Gasteiger partial charge in [0.15, 0.2) is 0 Å². The Morgan fingerprint density at radius 1 is 1.12 bits per heavy atom. The van der Waals surface area contributed by atoms with Gasteiger partial charge in [0.1, 0.15) is 17.7 Å². The van der Waals surface area contributed by atoms with Gasteiger partial charge in [-0.05, 0) is 42.2 Å². The second-order valence-electron chi connectivity index (χ2n) is 8.09. The van der Waals surface area contributed by atoms with E-state index in [-0.39, 0.29) is 12.1 Å². The molecule has 1 heterocycles. The molecule has 34 heavy (non-hydrogen) atoms. The largest absolute Gasteiger partial charge is 0.497 e. The highest BCUT2D eigenvalue weighted by Crippen LogP contribution is 2.38. The molecular weight excluding hydrogens is 452 g/mol. The first kappa shape index (κ1) is 23.8. The fourth-order valence-electron chi connectivity index (χ4n) is 4.33. The molecule has 1 amide bonds. The minimum atomic E-state index is -0.454. The molecule has 0 aliphatic heterocycles. The van der Waals surface area contributed by atoms with Crippen molar-refractivity contribution >= 4 is 23.5 Å². The normalized spacial score (nSPS) is 16.6. The molecular formula is C26H29ClN4O3. The van der Waals surface area contributed by atoms with Crippen molar-refractivity contribution in [2.75, 3.05) is 19.5 Å². The van der Waals surface area contributed by atoms with Crippen LogP contribution in [0.2, 0.25) is 5.02 Å². The maximum Gasteiger partial charge on any atom is 0.407 e. The number of aryl methyl sites for hydroxylation is 2. The van der Waals surface area contributed by atoms with Crippen LogP contribution >= 0.6 is 11.6 Å². The fourth-order valence-corrected chi connectivity index (χ4v) is 4.59. The van der Waals surface area contributed by atoms with Gasteiger partial charge in [0.25, 0.3) is 0 Å². The minimum absolute atomic E-state index is 0.228. The Hall–Kier alpha value is -3.32. The number of nitrogens with one attached hydrogen (secondary N) is 2. The number of hydrogen-bond donors (Lipinski definition) is 2. The predicted molar refractivity (Wildman–Crippen MR) is 134 cm³/mol. The van der Waals surface area contributed by atoms with Crippen LogP contribution in [0.4, 0.5) is 10.6 Å². The van der Waals surface area contributed by atoms with Crippen molar-refractivity contribution in [1.82, 2.24) is 15.3 Å². The lowest BCUT2D eigenvalue weighted by molar-refractivity contribution is 0.0944. The Labute approximate surface area is 204 Å². The van der Waals surface area contributed by atoms with E-state index in [4.69, 9.17) is 31.0 Å². The summed E-state index contributed by atoms with van der Waals surface area (Å²) in [5, 5.41) is 6.66. The van der Waals surface area contributed by atoms with Gasteiger partial charge in [0, 0.05) is 19.0 Å². The Bertz CT molecular complexity index is 1200. The van der Waals surface area contributed by atoms with Crippen molar-refractivity contribution in [1.29, 1.82) is 0 Å². The molecule has 0 bridgehead atoms. The minimum Gasteiger partial charge on any atom is -0.497 e. The Kier molecular flexibility index (Phi) is 7.22. The molecule has 0 saturated carbocycles. The third-order valence-electron chi connectivity index (χ3n) is 6.08. The molecule has 1 aromatic heterocycles. The number of aromatic nitrogens is 2. The standard InChI is InChI=1S/C26H29ClN4O3/c1-5-20-23(18-12-11-16(33-4)14-19(18)27)29-21(6-2)25(30-20)31-24-17-10-8-7-9-15(17)13-22(24)34-26(32)28-3/h7-12,14,22,24H,5-6,13H2,1-4H3,(H,28,32)(H,30,31). The van der Waals surface area contributed by atoms with Crippen molar-refractivity contribution in [2.24, 2.45) is 0 Å². The highest BCUT2D eigenvalue weighted by Gasteiger charge is 2.36. The molecule has 4 rings (SSSR count). The maximum absolute atomic E-state index is 12.0. The highest BCUT2D eigenvalue weighted by atomic mass is 35.5. The number of ether oxygens (including phenoxy) is 2. The van der Waals surface area contributed by atoms with Crippen LogP contribution in [0.15, 0.2) is 42.5 Å². The van der Waals surface area contributed by atoms with Gasteiger partial charge in [-0.1, -0.05) is 49.7 Å². The van der Waals surface area contributed by atoms with E-state index in [2.05, 4.69) is 22.8 Å². The number of alkyl carbamates (subject to hydrolysis) is 1. The molecule has 2 unspecified atom stereocenters. The highest BCUT2D eigenvalue weighted by molar-refractivity contribution is 6.33. The van der Waals surface area contributed by atoms with E-state index in [9.17, 15) is 4.79 Å². The van der Waals surface area contributed by atoms with E-state index in [1.54, 1.807) is 20.2 Å². The molecule has 0 saturated heterocycles. The van der Waals surface area contributed by atoms with Crippen LogP contribution in [0.5, 0.6) is 5.75 Å². The lowest BCUT2D eigenvalue weighted by atomic mass is 10.1. The molecule has 178 valence electrons. The quantitative estimate of drug-likeness (QED) is 0.473. The monoisotopic (exact) mass is 480 g/mol. The van der Waals surface area contributed by atoms with Gasteiger partial charge in [-0.3, -0.25) is 0 Å². The van der Waals surface area contributed by atoms with Crippen LogP contribution in [0.1, 0.15) is 42.4 Å². The van der Waals surface area contributed by atoms with E-state index < -0.39 is 6.09 Å². The van der Waals surface area contributed by atoms with Crippen LogP contribution < -0.4 is 15.4 Å². The van der Waals surface area contributed by atoms with E-state index in [1.807, 2.05) is 38.1 Å². The Morgan fingerprint density at radius 2 is 1.88 bits per heavy atom. The summed E-state index contributed by atoms with van der Waals surface area (Å²) in [4.78, 5) is 22.0. The number of carbonyl (C=O) groups is 1. The van der Waals surface area contributed by atoms with Crippen molar-refractivity contribution in [3.63, 3.8) is 0 Å². The zero-order chi connectivity index (χ0) is 24.2. The van der Waals surface area contributed by atoms with Crippen LogP contribution in [0, 0.1) is 0 Å². The Balaban J connectivity index is 1.73. The van der Waals surface area contributed by atoms with Crippen LogP contribution in [0.3, 0.4) is 0 Å². The summed E-state index contributed by atoms with van der Waals surface area (Å²) in [6.07, 6.45) is 1.18. The summed E-state index contributed by atoms with van der Waals surface area (Å²) in [5.74, 6) is 1.38. The van der Waals surface area contributed by atoms with Gasteiger partial charge >= 0.3 is 6.09 Å². The van der Waals surface area contributed by atoms with E-state index in [0.717, 1.165) is 33.8 Å². The molecule has 0 spiro atoms. The number of methoxy groups -OCH3 is 1. The summed E-state index contributed by atoms with van der Waals surface area (Å²) in [7, 11) is 3.17. The number of carbonyl (C=O) groups excluding carboxylic acids is 1. The molecule has 8 heteroatoms. The summed E-state index contributed by atoms with van der Waals surface area (Å²) >= 11 is 6.56. The number of hydrogen-bond acceptors (Lipinski definition) is 6. The number of nitrogens with zero attached hydrogens (tertiary/aromatic N) is 2. The number of rotatable bonds is 7. The van der Waals surface area contributed by atoms with Crippen molar-refractivity contribution in [3.8, 4) is 17.0 Å². The van der Waals surface area contributed by atoms with Gasteiger partial charge < -0.3 is 20.1 Å². The van der Waals surface area contributed by atoms with Gasteiger partial charge in [-0.2, -0.15) is 0 Å². The number of fused-ring (bicyclic) bond motifs is 1. The molecule has 2 N–H and O–H groups in total. The third-order valence-corrected chi connectivity index (χ3v) is 6.39. The van der Waals surface area contributed by atoms with Crippen molar-refractivity contribution < 1.29 is 14.3 Å². The van der Waals surface area contributed by atoms with Gasteiger partial charge in [-0.25, -0.2) is 14.8 Å². The smallest absolute Gasteiger partial charge is 0.407 e. The first-order valence-electron chi connectivity index (χ1n) is 11.4. The predicted octanol–water partition coefficient (Wildman–Crippen LogP) is 5.36. The average molecular weight is 481 g/mol. The molecule has 7 nitrogen and oxygen atoms in total. The number of amides is 1. The van der Waals surface area contributed by atoms with Gasteiger partial charge in [0.2, 0.25) is 0 Å². The summed E-state index contributed by atoms with van der Waals surface area (Å²) in [6, 6.07) is 13.5. The molecule has 1 aliphatic carbocycles. The third kappa shape index (κ3) is 4.66. The first-order chi connectivity index (χ1) is 16.5. The molecule has 0 radical (unpaired) electrons. The summed E-state index contributed by atoms with van der Waals surface area (Å²) < 4.78 is 11.0. The van der Waals surface area contributed by atoms with E-state index in [0.29, 0.717) is 35.9 Å². The zero-order valence-corrected chi connectivity index (χ0v) is 20.6.